The zero-order valence-electron chi connectivity index (χ0n) is 17.2. The Balaban J connectivity index is 1.83. The van der Waals surface area contributed by atoms with Crippen LogP contribution < -0.4 is 4.31 Å². The van der Waals surface area contributed by atoms with E-state index in [-0.39, 0.29) is 21.2 Å². The summed E-state index contributed by atoms with van der Waals surface area (Å²) in [5.41, 5.74) is 0.615. The lowest BCUT2D eigenvalue weighted by atomic mass is 10.1. The fourth-order valence-electron chi connectivity index (χ4n) is 3.55. The highest BCUT2D eigenvalue weighted by Crippen LogP contribution is 2.29. The second-order valence-corrected chi connectivity index (χ2v) is 10.8. The summed E-state index contributed by atoms with van der Waals surface area (Å²) in [5, 5.41) is 5.77. The van der Waals surface area contributed by atoms with Crippen LogP contribution >= 0.6 is 0 Å². The number of anilines is 1. The Kier molecular flexibility index (Phi) is 5.10. The van der Waals surface area contributed by atoms with Gasteiger partial charge >= 0.3 is 0 Å². The summed E-state index contributed by atoms with van der Waals surface area (Å²) in [7, 11) is -6.69. The highest BCUT2D eigenvalue weighted by molar-refractivity contribution is 7.93. The van der Waals surface area contributed by atoms with Gasteiger partial charge in [-0.3, -0.25) is 4.31 Å². The minimum atomic E-state index is -4.09. The van der Waals surface area contributed by atoms with Crippen molar-refractivity contribution in [1.82, 2.24) is 9.19 Å². The number of rotatable bonds is 5. The van der Waals surface area contributed by atoms with E-state index in [2.05, 4.69) is 5.10 Å². The average Bonchev–Trinajstić information content (AvgIpc) is 3.08. The third kappa shape index (κ3) is 3.49. The Bertz CT molecular complexity index is 1490. The maximum atomic E-state index is 13.3. The number of sulfonamides is 1. The monoisotopic (exact) mass is 455 g/mol. The van der Waals surface area contributed by atoms with Crippen LogP contribution in [0.25, 0.3) is 10.8 Å². The van der Waals surface area contributed by atoms with Crippen molar-refractivity contribution in [2.45, 2.75) is 23.6 Å². The number of para-hydroxylation sites is 1. The van der Waals surface area contributed by atoms with Gasteiger partial charge in [-0.05, 0) is 48.9 Å². The topological polar surface area (TPSA) is 89.3 Å². The fraction of sp³-hybridized carbons (Fsp3) is 0.136. The molecular weight excluding hydrogens is 434 g/mol. The van der Waals surface area contributed by atoms with E-state index >= 15 is 0 Å². The smallest absolute Gasteiger partial charge is 0.269 e. The molecule has 1 aromatic heterocycles. The van der Waals surface area contributed by atoms with E-state index < -0.39 is 20.0 Å². The van der Waals surface area contributed by atoms with Crippen LogP contribution in [-0.2, 0) is 20.0 Å². The van der Waals surface area contributed by atoms with Gasteiger partial charge in [0.05, 0.1) is 22.0 Å². The summed E-state index contributed by atoms with van der Waals surface area (Å²) >= 11 is 0. The number of nitrogens with zero attached hydrogens (tertiary/aromatic N) is 3. The Labute approximate surface area is 181 Å². The molecule has 160 valence electrons. The van der Waals surface area contributed by atoms with Crippen molar-refractivity contribution in [3.05, 3.63) is 84.2 Å². The molecule has 0 N–H and O–H groups in total. The summed E-state index contributed by atoms with van der Waals surface area (Å²) in [6, 6.07) is 20.8. The minimum Gasteiger partial charge on any atom is -0.269 e. The van der Waals surface area contributed by atoms with Gasteiger partial charge in [0.25, 0.3) is 20.0 Å². The number of aryl methyl sites for hydroxylation is 1. The number of benzene rings is 3. The van der Waals surface area contributed by atoms with Crippen LogP contribution in [0.3, 0.4) is 0 Å². The molecule has 31 heavy (non-hydrogen) atoms. The van der Waals surface area contributed by atoms with E-state index in [1.165, 1.54) is 27.0 Å². The highest BCUT2D eigenvalue weighted by Gasteiger charge is 2.32. The maximum absolute atomic E-state index is 13.3. The zero-order chi connectivity index (χ0) is 22.4. The third-order valence-corrected chi connectivity index (χ3v) is 8.87. The molecule has 0 aliphatic heterocycles. The van der Waals surface area contributed by atoms with Gasteiger partial charge in [-0.1, -0.05) is 48.5 Å². The molecule has 1 heterocycles. The molecule has 4 rings (SSSR count). The van der Waals surface area contributed by atoms with Crippen molar-refractivity contribution in [2.24, 2.45) is 0 Å². The van der Waals surface area contributed by atoms with Gasteiger partial charge in [0.2, 0.25) is 0 Å². The molecule has 0 saturated carbocycles. The van der Waals surface area contributed by atoms with Crippen molar-refractivity contribution in [2.75, 3.05) is 11.4 Å². The van der Waals surface area contributed by atoms with Gasteiger partial charge in [0, 0.05) is 7.05 Å². The van der Waals surface area contributed by atoms with Crippen LogP contribution in [0.15, 0.2) is 82.6 Å². The lowest BCUT2D eigenvalue weighted by Crippen LogP contribution is -2.27. The first kappa shape index (κ1) is 21.1. The average molecular weight is 456 g/mol. The van der Waals surface area contributed by atoms with Crippen LogP contribution in [0.2, 0.25) is 0 Å². The van der Waals surface area contributed by atoms with E-state index in [4.69, 9.17) is 0 Å². The first-order valence-electron chi connectivity index (χ1n) is 9.48. The number of fused-ring (bicyclic) bond motifs is 1. The van der Waals surface area contributed by atoms with Gasteiger partial charge in [-0.25, -0.2) is 8.42 Å². The molecule has 0 aliphatic carbocycles. The van der Waals surface area contributed by atoms with Crippen molar-refractivity contribution in [3.8, 4) is 0 Å². The molecule has 4 aromatic rings. The van der Waals surface area contributed by atoms with Crippen LogP contribution in [0.4, 0.5) is 5.69 Å². The quantitative estimate of drug-likeness (QED) is 0.458. The largest absolute Gasteiger partial charge is 0.283 e. The second-order valence-electron chi connectivity index (χ2n) is 7.16. The molecule has 7 nitrogen and oxygen atoms in total. The normalized spacial score (nSPS) is 12.2. The SMILES string of the molecule is Cc1nn(S(=O)(=O)c2ccc3ccccc3c2)c(C)c1S(=O)(=O)N(C)c1ccccc1. The fourth-order valence-corrected chi connectivity index (χ4v) is 6.56. The first-order valence-corrected chi connectivity index (χ1v) is 12.4. The molecular formula is C22H21N3O4S2. The predicted molar refractivity (Wildman–Crippen MR) is 120 cm³/mol. The molecule has 0 atom stereocenters. The Morgan fingerprint density at radius 2 is 1.42 bits per heavy atom. The highest BCUT2D eigenvalue weighted by atomic mass is 32.2. The Morgan fingerprint density at radius 3 is 2.10 bits per heavy atom. The minimum absolute atomic E-state index is 0.0356. The van der Waals surface area contributed by atoms with Crippen molar-refractivity contribution in [3.63, 3.8) is 0 Å². The molecule has 3 aromatic carbocycles. The number of hydrogen-bond donors (Lipinski definition) is 0. The predicted octanol–water partition coefficient (Wildman–Crippen LogP) is 3.72. The molecule has 0 bridgehead atoms. The van der Waals surface area contributed by atoms with Crippen molar-refractivity contribution < 1.29 is 16.8 Å². The molecule has 0 saturated heterocycles. The van der Waals surface area contributed by atoms with Crippen LogP contribution in [0.1, 0.15) is 11.4 Å². The van der Waals surface area contributed by atoms with Gasteiger partial charge in [0.15, 0.2) is 0 Å². The number of aromatic nitrogens is 2. The molecule has 0 amide bonds. The van der Waals surface area contributed by atoms with Crippen molar-refractivity contribution >= 4 is 36.5 Å². The molecule has 0 radical (unpaired) electrons. The van der Waals surface area contributed by atoms with E-state index in [1.54, 1.807) is 42.5 Å². The standard InChI is InChI=1S/C22H21N3O4S2/c1-16-22(31(28,29)24(3)20-11-5-4-6-12-20)17(2)25(23-16)30(26,27)21-14-13-18-9-7-8-10-19(18)15-21/h4-15H,1-3H3. The summed E-state index contributed by atoms with van der Waals surface area (Å²) in [5.74, 6) is 0. The zero-order valence-corrected chi connectivity index (χ0v) is 18.9. The Hall–Kier alpha value is -3.17. The van der Waals surface area contributed by atoms with Gasteiger partial charge in [0.1, 0.15) is 4.90 Å². The number of hydrogen-bond acceptors (Lipinski definition) is 5. The van der Waals surface area contributed by atoms with Gasteiger partial charge in [-0.2, -0.15) is 17.6 Å². The van der Waals surface area contributed by atoms with Gasteiger partial charge in [-0.15, -0.1) is 0 Å². The first-order chi connectivity index (χ1) is 14.6. The maximum Gasteiger partial charge on any atom is 0.283 e. The van der Waals surface area contributed by atoms with E-state index in [1.807, 2.05) is 24.3 Å². The summed E-state index contributed by atoms with van der Waals surface area (Å²) < 4.78 is 55.2. The van der Waals surface area contributed by atoms with E-state index in [0.29, 0.717) is 5.69 Å². The van der Waals surface area contributed by atoms with Crippen LogP contribution in [-0.4, -0.2) is 33.1 Å². The van der Waals surface area contributed by atoms with Crippen molar-refractivity contribution in [1.29, 1.82) is 0 Å². The second kappa shape index (κ2) is 7.51. The Morgan fingerprint density at radius 1 is 0.806 bits per heavy atom. The lowest BCUT2D eigenvalue weighted by molar-refractivity contribution is 0.577. The molecule has 0 fully saturated rings. The van der Waals surface area contributed by atoms with E-state index in [0.717, 1.165) is 19.2 Å². The van der Waals surface area contributed by atoms with E-state index in [9.17, 15) is 16.8 Å². The summed E-state index contributed by atoms with van der Waals surface area (Å²) in [6.07, 6.45) is 0. The molecule has 9 heteroatoms. The molecule has 0 unspecified atom stereocenters. The van der Waals surface area contributed by atoms with Crippen LogP contribution in [0.5, 0.6) is 0 Å². The van der Waals surface area contributed by atoms with Crippen LogP contribution in [0, 0.1) is 13.8 Å². The summed E-state index contributed by atoms with van der Waals surface area (Å²) in [6.45, 7) is 2.94. The third-order valence-electron chi connectivity index (χ3n) is 5.17. The molecule has 0 aliphatic rings. The van der Waals surface area contributed by atoms with Gasteiger partial charge < -0.3 is 0 Å². The molecule has 0 spiro atoms. The lowest BCUT2D eigenvalue weighted by Gasteiger charge is -2.19. The summed E-state index contributed by atoms with van der Waals surface area (Å²) in [4.78, 5) is -0.0830.